The van der Waals surface area contributed by atoms with Crippen molar-refractivity contribution in [2.75, 3.05) is 14.1 Å². The highest BCUT2D eigenvalue weighted by atomic mass is 35.5. The molecular weight excluding hydrogens is 378 g/mol. The van der Waals surface area contributed by atoms with Gasteiger partial charge in [0.15, 0.2) is 0 Å². The highest BCUT2D eigenvalue weighted by Gasteiger charge is 2.25. The minimum absolute atomic E-state index is 0.0771. The lowest BCUT2D eigenvalue weighted by Crippen LogP contribution is -2.38. The van der Waals surface area contributed by atoms with Gasteiger partial charge in [-0.3, -0.25) is 14.3 Å². The number of aromatic nitrogens is 2. The van der Waals surface area contributed by atoms with Crippen LogP contribution in [-0.2, 0) is 22.7 Å². The Bertz CT molecular complexity index is 950. The van der Waals surface area contributed by atoms with Crippen LogP contribution in [0, 0.1) is 13.8 Å². The maximum absolute atomic E-state index is 12.7. The van der Waals surface area contributed by atoms with Crippen molar-refractivity contribution in [1.82, 2.24) is 19.7 Å². The van der Waals surface area contributed by atoms with Crippen LogP contribution < -0.4 is 0 Å². The number of hydrogen-bond donors (Lipinski definition) is 0. The van der Waals surface area contributed by atoms with Gasteiger partial charge in [0.05, 0.1) is 12.2 Å². The van der Waals surface area contributed by atoms with E-state index in [1.54, 1.807) is 19.0 Å². The van der Waals surface area contributed by atoms with Crippen LogP contribution in [0.2, 0.25) is 5.02 Å². The SMILES string of the molecule is Cc1nn(Cc2ccccc2Cl)c(C)c1CN(C)C(=O)C1=NN(C)C(=O)CC1. The number of benzene rings is 1. The monoisotopic (exact) mass is 401 g/mol. The van der Waals surface area contributed by atoms with Crippen molar-refractivity contribution in [2.24, 2.45) is 5.10 Å². The second-order valence-electron chi connectivity index (χ2n) is 7.02. The molecule has 0 fully saturated rings. The molecule has 0 saturated heterocycles. The molecule has 0 aliphatic carbocycles. The maximum Gasteiger partial charge on any atom is 0.270 e. The first-order valence-electron chi connectivity index (χ1n) is 9.13. The molecule has 1 aliphatic rings. The van der Waals surface area contributed by atoms with Crippen molar-refractivity contribution in [3.8, 4) is 0 Å². The molecule has 148 valence electrons. The van der Waals surface area contributed by atoms with Gasteiger partial charge < -0.3 is 4.90 Å². The van der Waals surface area contributed by atoms with Crippen LogP contribution in [0.4, 0.5) is 0 Å². The maximum atomic E-state index is 12.7. The van der Waals surface area contributed by atoms with E-state index in [1.165, 1.54) is 5.01 Å². The largest absolute Gasteiger partial charge is 0.336 e. The van der Waals surface area contributed by atoms with Gasteiger partial charge >= 0.3 is 0 Å². The van der Waals surface area contributed by atoms with E-state index in [9.17, 15) is 9.59 Å². The van der Waals surface area contributed by atoms with E-state index in [0.717, 1.165) is 22.5 Å². The normalized spacial score (nSPS) is 14.2. The summed E-state index contributed by atoms with van der Waals surface area (Å²) >= 11 is 6.27. The van der Waals surface area contributed by atoms with Crippen molar-refractivity contribution in [2.45, 2.75) is 39.8 Å². The van der Waals surface area contributed by atoms with Crippen LogP contribution in [0.3, 0.4) is 0 Å². The lowest BCUT2D eigenvalue weighted by molar-refractivity contribution is -0.130. The van der Waals surface area contributed by atoms with Gasteiger partial charge in [-0.25, -0.2) is 5.01 Å². The Labute approximate surface area is 169 Å². The van der Waals surface area contributed by atoms with Crippen molar-refractivity contribution in [1.29, 1.82) is 0 Å². The van der Waals surface area contributed by atoms with Crippen LogP contribution in [-0.4, -0.2) is 51.3 Å². The molecule has 0 bridgehead atoms. The minimum Gasteiger partial charge on any atom is -0.336 e. The van der Waals surface area contributed by atoms with E-state index in [1.807, 2.05) is 42.8 Å². The zero-order valence-corrected chi connectivity index (χ0v) is 17.3. The summed E-state index contributed by atoms with van der Waals surface area (Å²) in [6, 6.07) is 7.70. The summed E-state index contributed by atoms with van der Waals surface area (Å²) in [5.41, 5.74) is 4.28. The predicted molar refractivity (Wildman–Crippen MR) is 108 cm³/mol. The van der Waals surface area contributed by atoms with Gasteiger partial charge in [-0.15, -0.1) is 0 Å². The second-order valence-corrected chi connectivity index (χ2v) is 7.43. The standard InChI is InChI=1S/C20H24ClN5O2/c1-13-16(12-24(3)20(28)18-9-10-19(27)25(4)23-18)14(2)26(22-13)11-15-7-5-6-8-17(15)21/h5-8H,9-12H2,1-4H3. The van der Waals surface area contributed by atoms with E-state index < -0.39 is 0 Å². The Hall–Kier alpha value is -2.67. The molecule has 8 heteroatoms. The number of aryl methyl sites for hydroxylation is 1. The molecule has 0 N–H and O–H groups in total. The highest BCUT2D eigenvalue weighted by molar-refractivity contribution is 6.39. The van der Waals surface area contributed by atoms with Gasteiger partial charge in [0.25, 0.3) is 5.91 Å². The number of rotatable bonds is 5. The third kappa shape index (κ3) is 4.09. The Kier molecular flexibility index (Phi) is 5.84. The molecule has 0 spiro atoms. The first-order chi connectivity index (χ1) is 13.3. The molecule has 3 rings (SSSR count). The predicted octanol–water partition coefficient (Wildman–Crippen LogP) is 2.77. The Morgan fingerprint density at radius 2 is 1.96 bits per heavy atom. The lowest BCUT2D eigenvalue weighted by atomic mass is 10.1. The molecule has 2 amide bonds. The molecule has 1 aromatic heterocycles. The van der Waals surface area contributed by atoms with Gasteiger partial charge in [0.1, 0.15) is 5.71 Å². The lowest BCUT2D eigenvalue weighted by Gasteiger charge is -2.23. The van der Waals surface area contributed by atoms with Gasteiger partial charge in [-0.05, 0) is 25.5 Å². The number of nitrogens with zero attached hydrogens (tertiary/aromatic N) is 5. The molecule has 0 radical (unpaired) electrons. The Balaban J connectivity index is 1.76. The van der Waals surface area contributed by atoms with Crippen molar-refractivity contribution < 1.29 is 9.59 Å². The second kappa shape index (κ2) is 8.14. The third-order valence-corrected chi connectivity index (χ3v) is 5.37. The summed E-state index contributed by atoms with van der Waals surface area (Å²) in [7, 11) is 3.31. The molecule has 28 heavy (non-hydrogen) atoms. The van der Waals surface area contributed by atoms with E-state index >= 15 is 0 Å². The smallest absolute Gasteiger partial charge is 0.270 e. The summed E-state index contributed by atoms with van der Waals surface area (Å²) in [5, 5.41) is 10.7. The number of hydrogen-bond acceptors (Lipinski definition) is 4. The molecule has 2 heterocycles. The summed E-state index contributed by atoms with van der Waals surface area (Å²) < 4.78 is 1.91. The number of carbonyl (C=O) groups is 2. The molecule has 0 unspecified atom stereocenters. The van der Waals surface area contributed by atoms with E-state index in [-0.39, 0.29) is 11.8 Å². The quantitative estimate of drug-likeness (QED) is 0.773. The topological polar surface area (TPSA) is 70.8 Å². The van der Waals surface area contributed by atoms with E-state index in [0.29, 0.717) is 36.7 Å². The fraction of sp³-hybridized carbons (Fsp3) is 0.400. The Morgan fingerprint density at radius 1 is 1.25 bits per heavy atom. The molecule has 0 saturated carbocycles. The molecule has 2 aromatic rings. The van der Waals surface area contributed by atoms with Gasteiger partial charge in [-0.2, -0.15) is 10.2 Å². The summed E-state index contributed by atoms with van der Waals surface area (Å²) in [6.45, 7) is 4.93. The van der Waals surface area contributed by atoms with Gasteiger partial charge in [-0.1, -0.05) is 29.8 Å². The molecular formula is C20H24ClN5O2. The molecule has 7 nitrogen and oxygen atoms in total. The number of carbonyl (C=O) groups excluding carboxylic acids is 2. The Morgan fingerprint density at radius 3 is 2.64 bits per heavy atom. The van der Waals surface area contributed by atoms with Crippen molar-refractivity contribution in [3.05, 3.63) is 51.8 Å². The zero-order chi connectivity index (χ0) is 20.4. The minimum atomic E-state index is -0.169. The van der Waals surface area contributed by atoms with Crippen molar-refractivity contribution >= 4 is 29.1 Å². The highest BCUT2D eigenvalue weighted by Crippen LogP contribution is 2.21. The van der Waals surface area contributed by atoms with Crippen LogP contribution in [0.25, 0.3) is 0 Å². The van der Waals surface area contributed by atoms with Gasteiger partial charge in [0, 0.05) is 49.8 Å². The molecule has 1 aliphatic heterocycles. The van der Waals surface area contributed by atoms with E-state index in [2.05, 4.69) is 10.2 Å². The number of amides is 2. The summed E-state index contributed by atoms with van der Waals surface area (Å²) in [5.74, 6) is -0.247. The molecule has 0 atom stereocenters. The first-order valence-corrected chi connectivity index (χ1v) is 9.51. The summed E-state index contributed by atoms with van der Waals surface area (Å²) in [4.78, 5) is 25.9. The molecule has 1 aromatic carbocycles. The average Bonchev–Trinajstić information content (AvgIpc) is 2.92. The van der Waals surface area contributed by atoms with Crippen LogP contribution in [0.5, 0.6) is 0 Å². The van der Waals surface area contributed by atoms with Crippen LogP contribution in [0.1, 0.15) is 35.4 Å². The van der Waals surface area contributed by atoms with Gasteiger partial charge in [0.2, 0.25) is 5.91 Å². The van der Waals surface area contributed by atoms with Crippen molar-refractivity contribution in [3.63, 3.8) is 0 Å². The zero-order valence-electron chi connectivity index (χ0n) is 16.6. The first kappa shape index (κ1) is 20.1. The third-order valence-electron chi connectivity index (χ3n) is 5.01. The fourth-order valence-electron chi connectivity index (χ4n) is 3.26. The van der Waals surface area contributed by atoms with Crippen LogP contribution >= 0.6 is 11.6 Å². The number of hydrazone groups is 1. The fourth-order valence-corrected chi connectivity index (χ4v) is 3.45. The number of halogens is 1. The average molecular weight is 402 g/mol. The summed E-state index contributed by atoms with van der Waals surface area (Å²) in [6.07, 6.45) is 0.679. The van der Waals surface area contributed by atoms with E-state index in [4.69, 9.17) is 11.6 Å². The van der Waals surface area contributed by atoms with Crippen LogP contribution in [0.15, 0.2) is 29.4 Å².